The van der Waals surface area contributed by atoms with Gasteiger partial charge in [0, 0.05) is 55.8 Å². The number of para-hydroxylation sites is 1. The lowest BCUT2D eigenvalue weighted by Gasteiger charge is -2.27. The molecule has 330 valence electrons. The number of rotatable bonds is 7. The van der Waals surface area contributed by atoms with Gasteiger partial charge in [0.25, 0.3) is 0 Å². The smallest absolute Gasteiger partial charge is 0.149 e. The molecule has 0 unspecified atom stereocenters. The van der Waals surface area contributed by atoms with Crippen molar-refractivity contribution in [1.29, 1.82) is 0 Å². The molecule has 1 N–H and O–H groups in total. The molecule has 0 saturated carbocycles. The lowest BCUT2D eigenvalue weighted by atomic mass is 9.79. The molecule has 4 nitrogen and oxygen atoms in total. The van der Waals surface area contributed by atoms with Crippen molar-refractivity contribution in [2.24, 2.45) is 0 Å². The molecule has 2 heterocycles. The third-order valence-corrected chi connectivity index (χ3v) is 11.8. The number of aromatic hydroxyl groups is 1. The van der Waals surface area contributed by atoms with Crippen LogP contribution in [0.2, 0.25) is 0 Å². The number of nitrogens with zero attached hydrogens (tertiary/aromatic N) is 3. The summed E-state index contributed by atoms with van der Waals surface area (Å²) in [6.45, 7) is -24.8. The number of phenols is 1. The number of benzene rings is 7. The highest BCUT2D eigenvalue weighted by Crippen LogP contribution is 2.45. The molecule has 0 spiro atoms. The van der Waals surface area contributed by atoms with Gasteiger partial charge in [-0.25, -0.2) is 4.98 Å². The second-order valence-corrected chi connectivity index (χ2v) is 17.6. The molecular weight excluding hydrogens is 803 g/mol. The Kier molecular flexibility index (Phi) is 6.08. The Labute approximate surface area is 425 Å². The first-order chi connectivity index (χ1) is 41.3. The predicted octanol–water partition coefficient (Wildman–Crippen LogP) is 16.6. The van der Waals surface area contributed by atoms with Gasteiger partial charge in [-0.3, -0.25) is 9.55 Å². The highest BCUT2D eigenvalue weighted by atomic mass is 16.3. The Hall–Kier alpha value is -7.04. The summed E-state index contributed by atoms with van der Waals surface area (Å²) >= 11 is 0. The van der Waals surface area contributed by atoms with Crippen LogP contribution in [0.15, 0.2) is 164 Å². The molecule has 0 bridgehead atoms. The zero-order chi connectivity index (χ0) is 66.7. The third-order valence-electron chi connectivity index (χ3n) is 11.8. The van der Waals surface area contributed by atoms with Crippen LogP contribution in [0.5, 0.6) is 5.75 Å². The van der Waals surface area contributed by atoms with E-state index in [1.165, 1.54) is 18.2 Å². The minimum absolute atomic E-state index is 0.000427. The fourth-order valence-electron chi connectivity index (χ4n) is 8.33. The molecule has 0 saturated heterocycles. The molecule has 0 atom stereocenters. The number of pyridine rings is 1. The topological polar surface area (TPSA) is 50.9 Å². The predicted molar refractivity (Wildman–Crippen MR) is 279 cm³/mol. The molecule has 2 aromatic heterocycles. The van der Waals surface area contributed by atoms with Gasteiger partial charge < -0.3 is 5.11 Å². The molecule has 0 radical (unpaired) electrons. The number of imidazole rings is 1. The van der Waals surface area contributed by atoms with Crippen LogP contribution in [0.3, 0.4) is 0 Å². The maximum Gasteiger partial charge on any atom is 0.149 e. The molecular formula is C62H61N3O. The summed E-state index contributed by atoms with van der Waals surface area (Å²) < 4.78 is 211. The summed E-state index contributed by atoms with van der Waals surface area (Å²) in [4.78, 5) is 9.83. The quantitative estimate of drug-likeness (QED) is 0.173. The maximum atomic E-state index is 13.0. The number of hydrogen-bond acceptors (Lipinski definition) is 3. The number of aromatic nitrogens is 3. The lowest BCUT2D eigenvalue weighted by Crippen LogP contribution is -2.17. The van der Waals surface area contributed by atoms with Crippen molar-refractivity contribution in [3.8, 4) is 78.6 Å². The molecule has 4 heteroatoms. The van der Waals surface area contributed by atoms with E-state index in [2.05, 4.69) is 0 Å². The first kappa shape index (κ1) is 23.9. The second-order valence-electron chi connectivity index (χ2n) is 17.6. The van der Waals surface area contributed by atoms with Crippen molar-refractivity contribution in [2.45, 2.75) is 91.8 Å². The summed E-state index contributed by atoms with van der Waals surface area (Å²) in [6.07, 6.45) is 1.58. The molecule has 9 aromatic rings. The van der Waals surface area contributed by atoms with E-state index in [1.807, 2.05) is 69.3 Å². The van der Waals surface area contributed by atoms with Gasteiger partial charge in [-0.1, -0.05) is 165 Å². The van der Waals surface area contributed by atoms with E-state index in [0.29, 0.717) is 50.7 Å². The van der Waals surface area contributed by atoms with Crippen LogP contribution in [0.4, 0.5) is 0 Å². The van der Waals surface area contributed by atoms with Crippen LogP contribution >= 0.6 is 0 Å². The summed E-state index contributed by atoms with van der Waals surface area (Å²) in [7, 11) is 0. The molecule has 0 aliphatic heterocycles. The van der Waals surface area contributed by atoms with Gasteiger partial charge in [0.2, 0.25) is 0 Å². The van der Waals surface area contributed by atoms with Gasteiger partial charge >= 0.3 is 0 Å². The monoisotopic (exact) mass is 888 g/mol. The van der Waals surface area contributed by atoms with Crippen molar-refractivity contribution in [3.05, 3.63) is 192 Å². The average Bonchev–Trinajstić information content (AvgIpc) is 0.800. The van der Waals surface area contributed by atoms with Gasteiger partial charge in [-0.05, 0) is 146 Å². The molecule has 7 aromatic carbocycles. The van der Waals surface area contributed by atoms with Gasteiger partial charge in [-0.2, -0.15) is 0 Å². The van der Waals surface area contributed by atoms with E-state index < -0.39 is 105 Å². The van der Waals surface area contributed by atoms with Crippen molar-refractivity contribution in [1.82, 2.24) is 14.5 Å². The lowest BCUT2D eigenvalue weighted by molar-refractivity contribution is 0.446. The number of phenolic OH excluding ortho intramolecular Hbond substituents is 1. The fourth-order valence-corrected chi connectivity index (χ4v) is 8.33. The maximum absolute atomic E-state index is 13.0. The zero-order valence-corrected chi connectivity index (χ0v) is 36.4. The Morgan fingerprint density at radius 1 is 0.500 bits per heavy atom. The van der Waals surface area contributed by atoms with Gasteiger partial charge in [0.15, 0.2) is 0 Å². The first-order valence-corrected chi connectivity index (χ1v) is 21.2. The van der Waals surface area contributed by atoms with Crippen LogP contribution in [0.25, 0.3) is 83.9 Å². The largest absolute Gasteiger partial charge is 0.507 e. The molecule has 0 fully saturated rings. The van der Waals surface area contributed by atoms with Crippen LogP contribution in [-0.2, 0) is 16.2 Å². The molecule has 9 rings (SSSR count). The molecule has 0 amide bonds. The van der Waals surface area contributed by atoms with Crippen molar-refractivity contribution in [3.63, 3.8) is 0 Å². The Balaban J connectivity index is 1.44. The minimum atomic E-state index is -4.26. The minimum Gasteiger partial charge on any atom is -0.507 e. The third kappa shape index (κ3) is 8.61. The summed E-state index contributed by atoms with van der Waals surface area (Å²) in [5, 5.41) is 13.0. The van der Waals surface area contributed by atoms with Crippen LogP contribution in [-0.4, -0.2) is 19.6 Å². The van der Waals surface area contributed by atoms with Crippen LogP contribution < -0.4 is 0 Å². The van der Waals surface area contributed by atoms with Crippen molar-refractivity contribution < 1.29 is 38.0 Å². The van der Waals surface area contributed by atoms with E-state index in [1.54, 1.807) is 85.1 Å². The number of hydrogen-bond donors (Lipinski definition) is 1. The summed E-state index contributed by atoms with van der Waals surface area (Å²) in [5.41, 5.74) is -7.51. The Bertz CT molecular complexity index is 4110. The fraction of sp³-hybridized carbons (Fsp3) is 0.226. The highest BCUT2D eigenvalue weighted by Gasteiger charge is 2.29. The van der Waals surface area contributed by atoms with E-state index in [9.17, 15) is 5.11 Å². The van der Waals surface area contributed by atoms with Crippen molar-refractivity contribution in [2.75, 3.05) is 0 Å². The second kappa shape index (κ2) is 16.7. The Morgan fingerprint density at radius 2 is 1.15 bits per heavy atom. The average molecular weight is 888 g/mol. The van der Waals surface area contributed by atoms with E-state index >= 15 is 0 Å². The van der Waals surface area contributed by atoms with Gasteiger partial charge in [0.1, 0.15) is 11.6 Å². The molecule has 0 aliphatic carbocycles. The van der Waals surface area contributed by atoms with E-state index in [-0.39, 0.29) is 33.9 Å². The van der Waals surface area contributed by atoms with E-state index in [4.69, 9.17) is 42.9 Å². The number of fused-ring (bicyclic) bond motifs is 1. The normalized spacial score (nSPS) is 19.1. The first-order valence-electron chi connectivity index (χ1n) is 33.2. The highest BCUT2D eigenvalue weighted by molar-refractivity contribution is 5.97. The van der Waals surface area contributed by atoms with Gasteiger partial charge in [0.05, 0.1) is 28.0 Å². The summed E-state index contributed by atoms with van der Waals surface area (Å²) in [5.74, 6) is -2.20. The number of aryl methyl sites for hydroxylation is 2. The van der Waals surface area contributed by atoms with E-state index in [0.717, 1.165) is 15.7 Å². The standard InChI is InChI=1S/C62H61N3O/c1-39-29-45(42-21-16-13-17-22-42)32-46(30-39)44-27-28-63-54(36-44)48-33-47(34-49(35-48)60(3,4)5)51-23-18-24-56-57(51)64-59(52-37-50(61(6,7)8)38-53(58(52)66)62(9,10)11)65(56)55-26-25-43(31-40(55)2)41-19-14-12-15-20-41/h12-38,66H,1-11H3/i1D3,2D3,6D3,7D3,8D3,9D3,10D3,11D3. The Morgan fingerprint density at radius 3 is 1.83 bits per heavy atom. The van der Waals surface area contributed by atoms with Crippen LogP contribution in [0, 0.1) is 13.7 Å². The molecule has 0 aliphatic rings. The zero-order valence-electron chi connectivity index (χ0n) is 60.4. The molecule has 66 heavy (non-hydrogen) atoms. The summed E-state index contributed by atoms with van der Waals surface area (Å²) in [6, 6.07) is 41.8. The van der Waals surface area contributed by atoms with Crippen molar-refractivity contribution >= 4 is 11.0 Å². The van der Waals surface area contributed by atoms with Gasteiger partial charge in [-0.15, -0.1) is 0 Å². The van der Waals surface area contributed by atoms with Crippen LogP contribution in [0.1, 0.15) is 123 Å². The SMILES string of the molecule is [2H]C([2H])([2H])c1cc(-c2ccccc2)cc(-c2ccnc(-c3cc(-c4cccc5c4nc(-c4cc(C(C([2H])([2H])[2H])(C([2H])([2H])[2H])C([2H])([2H])[2H])cc(C(C([2H])([2H])[2H])(C([2H])([2H])[2H])C([2H])([2H])[2H])c4O)n5-c4ccc(-c5ccccc5)cc4C([2H])([2H])[2H])cc(C(C)(C)C)c3)c2)c1.